The second-order valence-corrected chi connectivity index (χ2v) is 8.46. The summed E-state index contributed by atoms with van der Waals surface area (Å²) in [5.74, 6) is 1.44. The standard InChI is InChI=1S/C18H27N3O2S/c1-18(2,3)15(20-17(19)23)16(22)21-10-9-13(11-21)12-24-14-7-5-4-6-8-14/h4-8,13,15H,9-12H2,1-3H3,(H3,19,20,23). The number of carbonyl (C=O) groups is 2. The predicted octanol–water partition coefficient (Wildman–Crippen LogP) is 2.71. The van der Waals surface area contributed by atoms with Crippen molar-refractivity contribution in [3.8, 4) is 0 Å². The second kappa shape index (κ2) is 7.92. The van der Waals surface area contributed by atoms with Gasteiger partial charge >= 0.3 is 6.03 Å². The molecule has 2 atom stereocenters. The van der Waals surface area contributed by atoms with E-state index in [1.807, 2.05) is 55.6 Å². The molecule has 1 aromatic carbocycles. The van der Waals surface area contributed by atoms with Gasteiger partial charge in [-0.15, -0.1) is 11.8 Å². The largest absolute Gasteiger partial charge is 0.352 e. The summed E-state index contributed by atoms with van der Waals surface area (Å²) in [7, 11) is 0. The SMILES string of the molecule is CC(C)(C)C(NC(N)=O)C(=O)N1CCC(CSc2ccccc2)C1. The van der Waals surface area contributed by atoms with Crippen LogP contribution in [0.2, 0.25) is 0 Å². The molecule has 1 heterocycles. The van der Waals surface area contributed by atoms with E-state index in [0.717, 1.165) is 25.3 Å². The van der Waals surface area contributed by atoms with E-state index in [0.29, 0.717) is 5.92 Å². The van der Waals surface area contributed by atoms with Crippen molar-refractivity contribution < 1.29 is 9.59 Å². The highest BCUT2D eigenvalue weighted by Gasteiger charge is 2.37. The highest BCUT2D eigenvalue weighted by Crippen LogP contribution is 2.28. The van der Waals surface area contributed by atoms with Crippen LogP contribution in [0.1, 0.15) is 27.2 Å². The number of likely N-dealkylation sites (tertiary alicyclic amines) is 1. The van der Waals surface area contributed by atoms with Gasteiger partial charge in [-0.2, -0.15) is 0 Å². The van der Waals surface area contributed by atoms with Crippen LogP contribution < -0.4 is 11.1 Å². The number of amides is 3. The van der Waals surface area contributed by atoms with E-state index in [1.54, 1.807) is 0 Å². The Morgan fingerprint density at radius 2 is 2.00 bits per heavy atom. The van der Waals surface area contributed by atoms with E-state index in [1.165, 1.54) is 4.90 Å². The maximum Gasteiger partial charge on any atom is 0.312 e. The van der Waals surface area contributed by atoms with Crippen LogP contribution in [0.25, 0.3) is 0 Å². The Bertz CT molecular complexity index is 571. The smallest absolute Gasteiger partial charge is 0.312 e. The highest BCUT2D eigenvalue weighted by atomic mass is 32.2. The molecule has 132 valence electrons. The number of hydrogen-bond donors (Lipinski definition) is 2. The lowest BCUT2D eigenvalue weighted by Crippen LogP contribution is -2.55. The van der Waals surface area contributed by atoms with Crippen LogP contribution in [0.4, 0.5) is 4.79 Å². The van der Waals surface area contributed by atoms with Crippen LogP contribution in [-0.2, 0) is 4.79 Å². The Hall–Kier alpha value is -1.69. The molecule has 0 aliphatic carbocycles. The van der Waals surface area contributed by atoms with Crippen molar-refractivity contribution in [1.29, 1.82) is 0 Å². The van der Waals surface area contributed by atoms with Crippen molar-refractivity contribution in [2.75, 3.05) is 18.8 Å². The van der Waals surface area contributed by atoms with Crippen molar-refractivity contribution in [2.24, 2.45) is 17.1 Å². The van der Waals surface area contributed by atoms with E-state index in [9.17, 15) is 9.59 Å². The molecule has 0 spiro atoms. The topological polar surface area (TPSA) is 75.4 Å². The van der Waals surface area contributed by atoms with Gasteiger partial charge < -0.3 is 16.0 Å². The first-order valence-corrected chi connectivity index (χ1v) is 9.28. The van der Waals surface area contributed by atoms with Crippen LogP contribution in [0.15, 0.2) is 35.2 Å². The van der Waals surface area contributed by atoms with E-state index in [2.05, 4.69) is 17.4 Å². The average Bonchev–Trinajstić information content (AvgIpc) is 2.99. The fourth-order valence-electron chi connectivity index (χ4n) is 2.87. The third-order valence-corrected chi connectivity index (χ3v) is 5.47. The number of benzene rings is 1. The van der Waals surface area contributed by atoms with Crippen molar-refractivity contribution in [2.45, 2.75) is 38.1 Å². The number of carbonyl (C=O) groups excluding carboxylic acids is 2. The van der Waals surface area contributed by atoms with Crippen LogP contribution in [0.5, 0.6) is 0 Å². The minimum atomic E-state index is -0.654. The van der Waals surface area contributed by atoms with Gasteiger partial charge in [0.1, 0.15) is 6.04 Å². The summed E-state index contributed by atoms with van der Waals surface area (Å²) >= 11 is 1.83. The summed E-state index contributed by atoms with van der Waals surface area (Å²) in [4.78, 5) is 27.2. The monoisotopic (exact) mass is 349 g/mol. The lowest BCUT2D eigenvalue weighted by atomic mass is 9.86. The molecule has 0 saturated carbocycles. The van der Waals surface area contributed by atoms with Crippen LogP contribution in [0, 0.1) is 11.3 Å². The molecule has 3 N–H and O–H groups in total. The van der Waals surface area contributed by atoms with E-state index >= 15 is 0 Å². The molecule has 2 rings (SSSR count). The summed E-state index contributed by atoms with van der Waals surface area (Å²) in [5, 5.41) is 2.61. The molecule has 0 aromatic heterocycles. The second-order valence-electron chi connectivity index (χ2n) is 7.37. The Balaban J connectivity index is 1.91. The zero-order valence-corrected chi connectivity index (χ0v) is 15.4. The van der Waals surface area contributed by atoms with Crippen LogP contribution in [0.3, 0.4) is 0 Å². The quantitative estimate of drug-likeness (QED) is 0.803. The summed E-state index contributed by atoms with van der Waals surface area (Å²) in [6.07, 6.45) is 0.999. The number of rotatable bonds is 5. The minimum Gasteiger partial charge on any atom is -0.352 e. The third-order valence-electron chi connectivity index (χ3n) is 4.23. The van der Waals surface area contributed by atoms with Gasteiger partial charge in [0, 0.05) is 23.7 Å². The molecule has 0 radical (unpaired) electrons. The lowest BCUT2D eigenvalue weighted by molar-refractivity contribution is -0.134. The summed E-state index contributed by atoms with van der Waals surface area (Å²) < 4.78 is 0. The molecule has 24 heavy (non-hydrogen) atoms. The number of hydrogen-bond acceptors (Lipinski definition) is 3. The first-order chi connectivity index (χ1) is 11.3. The van der Waals surface area contributed by atoms with Gasteiger partial charge in [0.05, 0.1) is 0 Å². The van der Waals surface area contributed by atoms with E-state index < -0.39 is 12.1 Å². The van der Waals surface area contributed by atoms with Crippen LogP contribution >= 0.6 is 11.8 Å². The first kappa shape index (κ1) is 18.6. The summed E-state index contributed by atoms with van der Waals surface area (Å²) in [6.45, 7) is 7.29. The molecule has 5 nitrogen and oxygen atoms in total. The number of nitrogens with one attached hydrogen (secondary N) is 1. The molecule has 6 heteroatoms. The van der Waals surface area contributed by atoms with Gasteiger partial charge in [0.25, 0.3) is 0 Å². The highest BCUT2D eigenvalue weighted by molar-refractivity contribution is 7.99. The number of primary amides is 1. The predicted molar refractivity (Wildman–Crippen MR) is 97.8 cm³/mol. The molecule has 0 bridgehead atoms. The van der Waals surface area contributed by atoms with Gasteiger partial charge in [0.2, 0.25) is 5.91 Å². The van der Waals surface area contributed by atoms with Crippen molar-refractivity contribution in [3.05, 3.63) is 30.3 Å². The maximum absolute atomic E-state index is 12.8. The molecular weight excluding hydrogens is 322 g/mol. The molecular formula is C18H27N3O2S. The number of nitrogens with zero attached hydrogens (tertiary/aromatic N) is 1. The maximum atomic E-state index is 12.8. The van der Waals surface area contributed by atoms with Gasteiger partial charge in [-0.05, 0) is 29.9 Å². The number of urea groups is 1. The summed E-state index contributed by atoms with van der Waals surface area (Å²) in [5.41, 5.74) is 4.87. The van der Waals surface area contributed by atoms with Crippen molar-refractivity contribution in [1.82, 2.24) is 10.2 Å². The molecule has 1 aliphatic heterocycles. The Morgan fingerprint density at radius 1 is 1.33 bits per heavy atom. The molecule has 3 amide bonds. The fourth-order valence-corrected chi connectivity index (χ4v) is 3.92. The lowest BCUT2D eigenvalue weighted by Gasteiger charge is -2.33. The molecule has 1 aromatic rings. The van der Waals surface area contributed by atoms with Gasteiger partial charge in [0.15, 0.2) is 0 Å². The third kappa shape index (κ3) is 5.16. The number of nitrogens with two attached hydrogens (primary N) is 1. The van der Waals surface area contributed by atoms with E-state index in [-0.39, 0.29) is 11.3 Å². The number of thioether (sulfide) groups is 1. The molecule has 1 saturated heterocycles. The normalized spacial score (nSPS) is 19.1. The van der Waals surface area contributed by atoms with Crippen molar-refractivity contribution >= 4 is 23.7 Å². The summed E-state index contributed by atoms with van der Waals surface area (Å²) in [6, 6.07) is 9.06. The Kier molecular flexibility index (Phi) is 6.15. The molecule has 1 aliphatic rings. The zero-order chi connectivity index (χ0) is 17.7. The van der Waals surface area contributed by atoms with Gasteiger partial charge in [-0.3, -0.25) is 4.79 Å². The Labute approximate surface area is 148 Å². The zero-order valence-electron chi connectivity index (χ0n) is 14.6. The minimum absolute atomic E-state index is 0.0338. The molecule has 2 unspecified atom stereocenters. The molecule has 1 fully saturated rings. The van der Waals surface area contributed by atoms with Gasteiger partial charge in [-0.25, -0.2) is 4.79 Å². The fraction of sp³-hybridized carbons (Fsp3) is 0.556. The average molecular weight is 350 g/mol. The first-order valence-electron chi connectivity index (χ1n) is 8.30. The van der Waals surface area contributed by atoms with Crippen molar-refractivity contribution in [3.63, 3.8) is 0 Å². The van der Waals surface area contributed by atoms with E-state index in [4.69, 9.17) is 5.73 Å². The Morgan fingerprint density at radius 3 is 2.58 bits per heavy atom. The van der Waals surface area contributed by atoms with Crippen LogP contribution in [-0.4, -0.2) is 41.7 Å². The van der Waals surface area contributed by atoms with Gasteiger partial charge in [-0.1, -0.05) is 39.0 Å².